The number of pyridine rings is 1. The van der Waals surface area contributed by atoms with Crippen molar-refractivity contribution < 1.29 is 28.5 Å². The highest BCUT2D eigenvalue weighted by atomic mass is 19.1. The number of anilines is 1. The fourth-order valence-electron chi connectivity index (χ4n) is 6.24. The van der Waals surface area contributed by atoms with Gasteiger partial charge in [-0.3, -0.25) is 4.98 Å². The first kappa shape index (κ1) is 33.4. The molecule has 2 unspecified atom stereocenters. The highest BCUT2D eigenvalue weighted by molar-refractivity contribution is 6.02. The van der Waals surface area contributed by atoms with Crippen LogP contribution in [0.5, 0.6) is 5.75 Å². The third-order valence-corrected chi connectivity index (χ3v) is 8.59. The number of para-hydroxylation sites is 1. The Hall–Kier alpha value is -5.50. The quantitative estimate of drug-likeness (QED) is 0.158. The molecule has 1 saturated heterocycles. The van der Waals surface area contributed by atoms with Crippen molar-refractivity contribution >= 4 is 22.7 Å². The molecule has 0 spiro atoms. The van der Waals surface area contributed by atoms with Gasteiger partial charge >= 0.3 is 6.09 Å². The number of amides is 1. The molecule has 4 aromatic carbocycles. The van der Waals surface area contributed by atoms with Crippen LogP contribution in [-0.2, 0) is 16.1 Å². The van der Waals surface area contributed by atoms with Gasteiger partial charge in [0.2, 0.25) is 0 Å². The third-order valence-electron chi connectivity index (χ3n) is 8.59. The average molecular weight is 661 g/mol. The van der Waals surface area contributed by atoms with E-state index in [0.29, 0.717) is 47.5 Å². The average Bonchev–Trinajstić information content (AvgIpc) is 3.11. The van der Waals surface area contributed by atoms with Crippen LogP contribution in [0.15, 0.2) is 91.1 Å². The number of ether oxygens (including phenoxy) is 3. The molecule has 1 aliphatic heterocycles. The summed E-state index contributed by atoms with van der Waals surface area (Å²) in [6.07, 6.45) is 0.659. The number of nitrogens with zero attached hydrogens (tertiary/aromatic N) is 3. The third kappa shape index (κ3) is 7.64. The largest absolute Gasteiger partial charge is 0.489 e. The summed E-state index contributed by atoms with van der Waals surface area (Å²) in [5, 5.41) is 24.8. The summed E-state index contributed by atoms with van der Waals surface area (Å²) in [4.78, 5) is 19.5. The number of aliphatic hydroxyl groups is 1. The molecule has 2 atom stereocenters. The standard InChI is InChI=1S/C39H37FN4O5/c1-25-17-29(19-30(40)18-25)33-22-42-34-12-11-27(31-10-6-9-28(21-41)38(31)48-16-15-47-2)20-32(34)37(33)44-14-13-35(36(45)23-44)43-39(46)49-24-26-7-4-3-5-8-26/h3-12,17-20,22,35-36,45H,13-16,23-24H2,1-2H3,(H,43,46). The fraction of sp³-hybridized carbons (Fsp3) is 0.256. The Morgan fingerprint density at radius 2 is 1.88 bits per heavy atom. The van der Waals surface area contributed by atoms with E-state index in [0.717, 1.165) is 33.3 Å². The predicted octanol–water partition coefficient (Wildman–Crippen LogP) is 6.78. The molecule has 9 nitrogen and oxygen atoms in total. The molecule has 1 aliphatic rings. The molecular weight excluding hydrogens is 623 g/mol. The maximum Gasteiger partial charge on any atom is 0.407 e. The number of halogens is 1. The number of carbonyl (C=O) groups excluding carboxylic acids is 1. The van der Waals surface area contributed by atoms with E-state index in [1.807, 2.05) is 73.7 Å². The number of hydrogen-bond donors (Lipinski definition) is 2. The second-order valence-electron chi connectivity index (χ2n) is 12.0. The predicted molar refractivity (Wildman–Crippen MR) is 186 cm³/mol. The molecule has 1 aromatic heterocycles. The number of nitrogens with one attached hydrogen (secondary N) is 1. The van der Waals surface area contributed by atoms with Crippen LogP contribution in [-0.4, -0.2) is 61.7 Å². The maximum atomic E-state index is 14.8. The van der Waals surface area contributed by atoms with Crippen LogP contribution in [0.1, 0.15) is 23.1 Å². The Kier molecular flexibility index (Phi) is 10.3. The number of aliphatic hydroxyl groups excluding tert-OH is 1. The van der Waals surface area contributed by atoms with Gasteiger partial charge in [0.15, 0.2) is 0 Å². The van der Waals surface area contributed by atoms with Crippen molar-refractivity contribution in [3.05, 3.63) is 114 Å². The summed E-state index contributed by atoms with van der Waals surface area (Å²) in [5.41, 5.74) is 6.39. The van der Waals surface area contributed by atoms with Crippen molar-refractivity contribution in [1.82, 2.24) is 10.3 Å². The van der Waals surface area contributed by atoms with Crippen LogP contribution >= 0.6 is 0 Å². The van der Waals surface area contributed by atoms with Crippen LogP contribution in [0, 0.1) is 24.1 Å². The lowest BCUT2D eigenvalue weighted by Gasteiger charge is -2.38. The van der Waals surface area contributed by atoms with Gasteiger partial charge < -0.3 is 29.5 Å². The van der Waals surface area contributed by atoms with Crippen molar-refractivity contribution in [3.63, 3.8) is 0 Å². The summed E-state index contributed by atoms with van der Waals surface area (Å²) < 4.78 is 31.4. The number of aromatic nitrogens is 1. The zero-order valence-electron chi connectivity index (χ0n) is 27.4. The molecule has 2 N–H and O–H groups in total. The van der Waals surface area contributed by atoms with Gasteiger partial charge in [-0.2, -0.15) is 5.26 Å². The van der Waals surface area contributed by atoms with E-state index < -0.39 is 18.2 Å². The lowest BCUT2D eigenvalue weighted by molar-refractivity contribution is 0.0933. The number of methoxy groups -OCH3 is 1. The molecule has 5 aromatic rings. The van der Waals surface area contributed by atoms with E-state index in [4.69, 9.17) is 19.2 Å². The second-order valence-corrected chi connectivity index (χ2v) is 12.0. The van der Waals surface area contributed by atoms with Gasteiger partial charge in [-0.1, -0.05) is 54.6 Å². The molecule has 2 heterocycles. The molecular formula is C39H37FN4O5. The number of carbonyl (C=O) groups is 1. The highest BCUT2D eigenvalue weighted by Gasteiger charge is 2.32. The van der Waals surface area contributed by atoms with E-state index in [1.54, 1.807) is 19.4 Å². The minimum atomic E-state index is -0.917. The lowest BCUT2D eigenvalue weighted by atomic mass is 9.94. The minimum Gasteiger partial charge on any atom is -0.489 e. The number of fused-ring (bicyclic) bond motifs is 1. The van der Waals surface area contributed by atoms with Crippen LogP contribution in [0.25, 0.3) is 33.2 Å². The minimum absolute atomic E-state index is 0.125. The summed E-state index contributed by atoms with van der Waals surface area (Å²) in [6.45, 7) is 3.28. The number of alkyl carbamates (subject to hydrolysis) is 1. The molecule has 10 heteroatoms. The Bertz CT molecular complexity index is 1980. The number of piperidine rings is 1. The van der Waals surface area contributed by atoms with Crippen molar-refractivity contribution in [2.75, 3.05) is 38.3 Å². The Labute approximate surface area is 284 Å². The summed E-state index contributed by atoms with van der Waals surface area (Å²) in [6, 6.07) is 27.2. The number of hydrogen-bond acceptors (Lipinski definition) is 8. The maximum absolute atomic E-state index is 14.8. The van der Waals surface area contributed by atoms with Crippen molar-refractivity contribution in [1.29, 1.82) is 5.26 Å². The molecule has 6 rings (SSSR count). The van der Waals surface area contributed by atoms with Gasteiger partial charge in [-0.15, -0.1) is 0 Å². The SMILES string of the molecule is COCCOc1c(C#N)cccc1-c1ccc2ncc(-c3cc(C)cc(F)c3)c(N3CCC(NC(=O)OCc4ccccc4)C(O)C3)c2c1. The molecule has 1 amide bonds. The van der Waals surface area contributed by atoms with Gasteiger partial charge in [0.05, 0.1) is 35.5 Å². The van der Waals surface area contributed by atoms with E-state index in [9.17, 15) is 19.6 Å². The van der Waals surface area contributed by atoms with E-state index in [1.165, 1.54) is 12.1 Å². The molecule has 49 heavy (non-hydrogen) atoms. The smallest absolute Gasteiger partial charge is 0.407 e. The van der Waals surface area contributed by atoms with Gasteiger partial charge in [-0.25, -0.2) is 9.18 Å². The fourth-order valence-corrected chi connectivity index (χ4v) is 6.24. The second kappa shape index (κ2) is 15.2. The first-order valence-electron chi connectivity index (χ1n) is 16.1. The number of benzene rings is 4. The Balaban J connectivity index is 1.36. The van der Waals surface area contributed by atoms with Crippen LogP contribution in [0.3, 0.4) is 0 Å². The molecule has 0 radical (unpaired) electrons. The van der Waals surface area contributed by atoms with E-state index >= 15 is 0 Å². The van der Waals surface area contributed by atoms with Gasteiger partial charge in [-0.05, 0) is 65.9 Å². The summed E-state index contributed by atoms with van der Waals surface area (Å²) in [5.74, 6) is 0.0900. The van der Waals surface area contributed by atoms with Gasteiger partial charge in [0.1, 0.15) is 30.8 Å². The van der Waals surface area contributed by atoms with Crippen LogP contribution < -0.4 is 15.0 Å². The number of β-amino-alcohol motifs (C(OH)–C–C–N with tert-alkyl or cyclic N) is 1. The lowest BCUT2D eigenvalue weighted by Crippen LogP contribution is -2.54. The van der Waals surface area contributed by atoms with Crippen molar-refractivity contribution in [2.45, 2.75) is 32.1 Å². The van der Waals surface area contributed by atoms with Crippen molar-refractivity contribution in [2.24, 2.45) is 0 Å². The van der Waals surface area contributed by atoms with Crippen LogP contribution in [0.4, 0.5) is 14.9 Å². The van der Waals surface area contributed by atoms with Gasteiger partial charge in [0.25, 0.3) is 0 Å². The highest BCUT2D eigenvalue weighted by Crippen LogP contribution is 2.41. The van der Waals surface area contributed by atoms with Crippen LogP contribution in [0.2, 0.25) is 0 Å². The molecule has 0 bridgehead atoms. The monoisotopic (exact) mass is 660 g/mol. The first-order valence-corrected chi connectivity index (χ1v) is 16.1. The Morgan fingerprint density at radius 3 is 2.63 bits per heavy atom. The van der Waals surface area contributed by atoms with E-state index in [2.05, 4.69) is 16.3 Å². The Morgan fingerprint density at radius 1 is 1.04 bits per heavy atom. The molecule has 0 aliphatic carbocycles. The zero-order chi connectivity index (χ0) is 34.3. The van der Waals surface area contributed by atoms with Gasteiger partial charge in [0, 0.05) is 42.9 Å². The van der Waals surface area contributed by atoms with Crippen molar-refractivity contribution in [3.8, 4) is 34.1 Å². The normalized spacial score (nSPS) is 15.9. The molecule has 250 valence electrons. The molecule has 0 saturated carbocycles. The van der Waals surface area contributed by atoms with E-state index in [-0.39, 0.29) is 25.6 Å². The number of rotatable bonds is 10. The first-order chi connectivity index (χ1) is 23.8. The summed E-state index contributed by atoms with van der Waals surface area (Å²) >= 11 is 0. The zero-order valence-corrected chi connectivity index (χ0v) is 27.4. The topological polar surface area (TPSA) is 117 Å². The number of aryl methyl sites for hydroxylation is 1. The molecule has 1 fully saturated rings. The number of nitriles is 1. The summed E-state index contributed by atoms with van der Waals surface area (Å²) in [7, 11) is 1.59.